The number of aromatic nitrogens is 1. The topological polar surface area (TPSA) is 109 Å². The Morgan fingerprint density at radius 3 is 2.75 bits per heavy atom. The normalized spacial score (nSPS) is 9.80. The van der Waals surface area contributed by atoms with Crippen molar-refractivity contribution in [2.24, 2.45) is 0 Å². The van der Waals surface area contributed by atoms with E-state index in [9.17, 15) is 10.1 Å². The summed E-state index contributed by atoms with van der Waals surface area (Å²) >= 11 is 0. The monoisotopic (exact) mass is 269 g/mol. The van der Waals surface area contributed by atoms with Gasteiger partial charge in [0.05, 0.1) is 16.6 Å². The van der Waals surface area contributed by atoms with Gasteiger partial charge in [-0.1, -0.05) is 6.07 Å². The molecular formula is C13H11N5O2. The van der Waals surface area contributed by atoms with Gasteiger partial charge in [0, 0.05) is 18.8 Å². The summed E-state index contributed by atoms with van der Waals surface area (Å²) in [5, 5.41) is 19.6. The van der Waals surface area contributed by atoms with Crippen LogP contribution in [0.15, 0.2) is 36.4 Å². The van der Waals surface area contributed by atoms with E-state index in [1.54, 1.807) is 36.2 Å². The maximum Gasteiger partial charge on any atom is 0.311 e. The van der Waals surface area contributed by atoms with Crippen molar-refractivity contribution in [1.82, 2.24) is 4.98 Å². The largest absolute Gasteiger partial charge is 0.378 e. The van der Waals surface area contributed by atoms with E-state index in [0.29, 0.717) is 11.4 Å². The lowest BCUT2D eigenvalue weighted by atomic mass is 10.2. The number of hydrogen-bond acceptors (Lipinski definition) is 6. The van der Waals surface area contributed by atoms with Crippen molar-refractivity contribution < 1.29 is 4.92 Å². The first kappa shape index (κ1) is 13.3. The Kier molecular flexibility index (Phi) is 3.48. The molecule has 2 rings (SSSR count). The van der Waals surface area contributed by atoms with Gasteiger partial charge < -0.3 is 10.6 Å². The maximum absolute atomic E-state index is 10.7. The van der Waals surface area contributed by atoms with Crippen LogP contribution in [0.2, 0.25) is 0 Å². The third-order valence-electron chi connectivity index (χ3n) is 2.79. The van der Waals surface area contributed by atoms with Crippen LogP contribution in [-0.2, 0) is 0 Å². The molecule has 1 aromatic heterocycles. The second kappa shape index (κ2) is 5.24. The molecule has 0 amide bonds. The van der Waals surface area contributed by atoms with Crippen molar-refractivity contribution in [3.8, 4) is 6.07 Å². The van der Waals surface area contributed by atoms with Crippen LogP contribution in [0, 0.1) is 21.4 Å². The molecule has 0 aliphatic heterocycles. The third kappa shape index (κ3) is 2.49. The van der Waals surface area contributed by atoms with Crippen molar-refractivity contribution in [1.29, 1.82) is 5.26 Å². The van der Waals surface area contributed by atoms with Gasteiger partial charge in [-0.05, 0) is 24.3 Å². The van der Waals surface area contributed by atoms with Gasteiger partial charge in [-0.2, -0.15) is 5.26 Å². The molecule has 7 heteroatoms. The highest BCUT2D eigenvalue weighted by molar-refractivity contribution is 5.65. The summed E-state index contributed by atoms with van der Waals surface area (Å²) in [5.74, 6) is 0.318. The van der Waals surface area contributed by atoms with Crippen LogP contribution in [0.4, 0.5) is 23.0 Å². The fourth-order valence-corrected chi connectivity index (χ4v) is 1.71. The van der Waals surface area contributed by atoms with Gasteiger partial charge in [-0.15, -0.1) is 0 Å². The number of nitrogens with zero attached hydrogens (tertiary/aromatic N) is 4. The quantitative estimate of drug-likeness (QED) is 0.675. The molecule has 0 saturated carbocycles. The average molecular weight is 269 g/mol. The summed E-state index contributed by atoms with van der Waals surface area (Å²) in [5.41, 5.74) is 6.59. The molecule has 1 heterocycles. The standard InChI is InChI=1S/C13H11N5O2/c1-17(10-4-2-3-9(7-10)8-14)12-6-5-11(18(19)20)13(15)16-12/h2-7H,1H3,(H2,15,16). The summed E-state index contributed by atoms with van der Waals surface area (Å²) < 4.78 is 0. The summed E-state index contributed by atoms with van der Waals surface area (Å²) in [7, 11) is 1.74. The Morgan fingerprint density at radius 1 is 1.40 bits per heavy atom. The van der Waals surface area contributed by atoms with Crippen molar-refractivity contribution in [3.63, 3.8) is 0 Å². The van der Waals surface area contributed by atoms with Gasteiger partial charge >= 0.3 is 5.69 Å². The van der Waals surface area contributed by atoms with E-state index < -0.39 is 4.92 Å². The van der Waals surface area contributed by atoms with Crippen LogP contribution in [0.3, 0.4) is 0 Å². The Morgan fingerprint density at radius 2 is 2.15 bits per heavy atom. The predicted molar refractivity (Wildman–Crippen MR) is 74.5 cm³/mol. The van der Waals surface area contributed by atoms with Crippen molar-refractivity contribution in [3.05, 3.63) is 52.1 Å². The van der Waals surface area contributed by atoms with Crippen LogP contribution < -0.4 is 10.6 Å². The number of nitro groups is 1. The van der Waals surface area contributed by atoms with Crippen molar-refractivity contribution in [2.75, 3.05) is 17.7 Å². The van der Waals surface area contributed by atoms with Crippen LogP contribution in [0.5, 0.6) is 0 Å². The van der Waals surface area contributed by atoms with Crippen molar-refractivity contribution >= 4 is 23.0 Å². The van der Waals surface area contributed by atoms with Crippen LogP contribution in [0.25, 0.3) is 0 Å². The molecular weight excluding hydrogens is 258 g/mol. The first-order chi connectivity index (χ1) is 9.52. The minimum absolute atomic E-state index is 0.143. The summed E-state index contributed by atoms with van der Waals surface area (Å²) in [4.78, 5) is 15.8. The molecule has 100 valence electrons. The van der Waals surface area contributed by atoms with Crippen LogP contribution in [0.1, 0.15) is 5.56 Å². The zero-order chi connectivity index (χ0) is 14.7. The molecule has 0 saturated heterocycles. The second-order valence-electron chi connectivity index (χ2n) is 4.05. The highest BCUT2D eigenvalue weighted by Gasteiger charge is 2.15. The number of anilines is 3. The SMILES string of the molecule is CN(c1cccc(C#N)c1)c1ccc([N+](=O)[O-])c(N)n1. The van der Waals surface area contributed by atoms with Gasteiger partial charge in [0.15, 0.2) is 0 Å². The van der Waals surface area contributed by atoms with E-state index in [1.807, 2.05) is 6.07 Å². The lowest BCUT2D eigenvalue weighted by Crippen LogP contribution is -2.12. The van der Waals surface area contributed by atoms with E-state index in [4.69, 9.17) is 11.0 Å². The maximum atomic E-state index is 10.7. The number of nitrogens with two attached hydrogens (primary N) is 1. The van der Waals surface area contributed by atoms with E-state index >= 15 is 0 Å². The van der Waals surface area contributed by atoms with Gasteiger partial charge in [-0.3, -0.25) is 10.1 Å². The molecule has 0 fully saturated rings. The average Bonchev–Trinajstić information content (AvgIpc) is 2.46. The molecule has 7 nitrogen and oxygen atoms in total. The first-order valence-corrected chi connectivity index (χ1v) is 5.67. The number of nitrogen functional groups attached to an aromatic ring is 1. The third-order valence-corrected chi connectivity index (χ3v) is 2.79. The molecule has 0 radical (unpaired) electrons. The van der Waals surface area contributed by atoms with E-state index in [2.05, 4.69) is 4.98 Å². The van der Waals surface area contributed by atoms with E-state index in [0.717, 1.165) is 5.69 Å². The highest BCUT2D eigenvalue weighted by atomic mass is 16.6. The van der Waals surface area contributed by atoms with Gasteiger partial charge in [-0.25, -0.2) is 4.98 Å². The Labute approximate surface area is 115 Å². The zero-order valence-electron chi connectivity index (χ0n) is 10.6. The van der Waals surface area contributed by atoms with Crippen molar-refractivity contribution in [2.45, 2.75) is 0 Å². The first-order valence-electron chi connectivity index (χ1n) is 5.67. The van der Waals surface area contributed by atoms with Gasteiger partial charge in [0.25, 0.3) is 0 Å². The molecule has 0 aliphatic rings. The summed E-state index contributed by atoms with van der Waals surface area (Å²) in [6.45, 7) is 0. The van der Waals surface area contributed by atoms with Crippen LogP contribution >= 0.6 is 0 Å². The predicted octanol–water partition coefficient (Wildman–Crippen LogP) is 2.21. The summed E-state index contributed by atoms with van der Waals surface area (Å²) in [6.07, 6.45) is 0. The Bertz CT molecular complexity index is 708. The number of hydrogen-bond donors (Lipinski definition) is 1. The van der Waals surface area contributed by atoms with E-state index in [-0.39, 0.29) is 11.5 Å². The molecule has 20 heavy (non-hydrogen) atoms. The minimum atomic E-state index is -0.581. The van der Waals surface area contributed by atoms with Crippen LogP contribution in [-0.4, -0.2) is 17.0 Å². The summed E-state index contributed by atoms with van der Waals surface area (Å²) in [6, 6.07) is 11.8. The number of rotatable bonds is 3. The number of benzene rings is 1. The minimum Gasteiger partial charge on any atom is -0.378 e. The molecule has 0 bridgehead atoms. The molecule has 1 aromatic carbocycles. The zero-order valence-corrected chi connectivity index (χ0v) is 10.6. The fourth-order valence-electron chi connectivity index (χ4n) is 1.71. The lowest BCUT2D eigenvalue weighted by Gasteiger charge is -2.18. The molecule has 2 aromatic rings. The Balaban J connectivity index is 2.38. The van der Waals surface area contributed by atoms with Gasteiger partial charge in [0.2, 0.25) is 5.82 Å². The van der Waals surface area contributed by atoms with Gasteiger partial charge in [0.1, 0.15) is 5.82 Å². The molecule has 2 N–H and O–H groups in total. The Hall–Kier alpha value is -3.14. The number of pyridine rings is 1. The highest BCUT2D eigenvalue weighted by Crippen LogP contribution is 2.27. The van der Waals surface area contributed by atoms with E-state index in [1.165, 1.54) is 12.1 Å². The molecule has 0 spiro atoms. The molecule has 0 atom stereocenters. The smallest absolute Gasteiger partial charge is 0.311 e. The molecule has 0 aliphatic carbocycles. The fraction of sp³-hybridized carbons (Fsp3) is 0.0769. The number of nitriles is 1. The second-order valence-corrected chi connectivity index (χ2v) is 4.05. The lowest BCUT2D eigenvalue weighted by molar-refractivity contribution is -0.384. The molecule has 0 unspecified atom stereocenters.